The minimum absolute atomic E-state index is 0.109. The second-order valence-corrected chi connectivity index (χ2v) is 7.74. The molecule has 5 nitrogen and oxygen atoms in total. The molecule has 3 aromatic rings. The fourth-order valence-corrected chi connectivity index (χ4v) is 4.39. The van der Waals surface area contributed by atoms with Gasteiger partial charge in [-0.05, 0) is 49.4 Å². The lowest BCUT2D eigenvalue weighted by Gasteiger charge is -2.40. The molecule has 5 heteroatoms. The Morgan fingerprint density at radius 3 is 2.54 bits per heavy atom. The van der Waals surface area contributed by atoms with Crippen LogP contribution in [0.25, 0.3) is 11.0 Å². The maximum absolute atomic E-state index is 13.3. The molecular weight excluding hydrogens is 350 g/mol. The molecule has 1 saturated heterocycles. The molecule has 146 valence electrons. The van der Waals surface area contributed by atoms with Crippen molar-refractivity contribution in [3.8, 4) is 0 Å². The van der Waals surface area contributed by atoms with Crippen molar-refractivity contribution < 1.29 is 9.90 Å². The van der Waals surface area contributed by atoms with Crippen molar-refractivity contribution in [1.82, 2.24) is 14.5 Å². The summed E-state index contributed by atoms with van der Waals surface area (Å²) in [5, 5.41) is 11.2. The molecule has 1 atom stereocenters. The van der Waals surface area contributed by atoms with E-state index in [-0.39, 0.29) is 11.9 Å². The second-order valence-electron chi connectivity index (χ2n) is 7.74. The van der Waals surface area contributed by atoms with Gasteiger partial charge in [0.2, 0.25) is 5.91 Å². The molecule has 4 rings (SSSR count). The number of carbonyl (C=O) groups excluding carboxylic acids is 1. The summed E-state index contributed by atoms with van der Waals surface area (Å²) in [6, 6.07) is 15.6. The zero-order chi connectivity index (χ0) is 19.7. The smallest absolute Gasteiger partial charge is 0.245 e. The Kier molecular flexibility index (Phi) is 4.94. The molecule has 1 fully saturated rings. The number of fused-ring (bicyclic) bond motifs is 1. The Balaban J connectivity index is 1.52. The van der Waals surface area contributed by atoms with E-state index in [1.54, 1.807) is 6.33 Å². The summed E-state index contributed by atoms with van der Waals surface area (Å²) in [4.78, 5) is 19.6. The van der Waals surface area contributed by atoms with Gasteiger partial charge < -0.3 is 14.6 Å². The molecule has 28 heavy (non-hydrogen) atoms. The second kappa shape index (κ2) is 7.40. The van der Waals surface area contributed by atoms with E-state index in [4.69, 9.17) is 0 Å². The Morgan fingerprint density at radius 1 is 1.14 bits per heavy atom. The predicted molar refractivity (Wildman–Crippen MR) is 110 cm³/mol. The van der Waals surface area contributed by atoms with Crippen LogP contribution >= 0.6 is 0 Å². The van der Waals surface area contributed by atoms with E-state index in [0.717, 1.165) is 22.2 Å². The molecule has 0 radical (unpaired) electrons. The van der Waals surface area contributed by atoms with E-state index in [9.17, 15) is 9.90 Å². The normalized spacial score (nSPS) is 17.6. The first-order valence-electron chi connectivity index (χ1n) is 10.0. The van der Waals surface area contributed by atoms with Gasteiger partial charge in [0.05, 0.1) is 23.0 Å². The quantitative estimate of drug-likeness (QED) is 0.752. The van der Waals surface area contributed by atoms with Gasteiger partial charge in [-0.25, -0.2) is 4.98 Å². The Labute approximate surface area is 165 Å². The first-order valence-corrected chi connectivity index (χ1v) is 10.0. The van der Waals surface area contributed by atoms with Crippen molar-refractivity contribution in [3.05, 3.63) is 66.0 Å². The molecule has 1 unspecified atom stereocenters. The van der Waals surface area contributed by atoms with E-state index in [1.807, 2.05) is 71.8 Å². The predicted octanol–water partition coefficient (Wildman–Crippen LogP) is 3.81. The number of imidazole rings is 1. The number of benzene rings is 2. The zero-order valence-electron chi connectivity index (χ0n) is 16.5. The fraction of sp³-hybridized carbons (Fsp3) is 0.391. The number of aromatic nitrogens is 2. The number of hydrogen-bond acceptors (Lipinski definition) is 3. The number of nitrogens with zero attached hydrogens (tertiary/aromatic N) is 3. The highest BCUT2D eigenvalue weighted by Crippen LogP contribution is 2.35. The van der Waals surface area contributed by atoms with Crippen LogP contribution in [0.15, 0.2) is 54.9 Å². The summed E-state index contributed by atoms with van der Waals surface area (Å²) in [6.07, 6.45) is 3.59. The van der Waals surface area contributed by atoms with Crippen LogP contribution in [0.1, 0.15) is 43.4 Å². The number of aliphatic hydroxyl groups is 1. The standard InChI is InChI=1S/C23H27N3O2/c1-3-20(26-16-24-19-10-6-7-11-21(19)26)22(27)25-14-12-23(28,13-15-25)18-9-5-4-8-17(18)2/h4-11,16,20,28H,3,12-15H2,1-2H3. The molecule has 1 aliphatic heterocycles. The van der Waals surface area contributed by atoms with Crippen LogP contribution in [0.3, 0.4) is 0 Å². The lowest BCUT2D eigenvalue weighted by Crippen LogP contribution is -2.47. The van der Waals surface area contributed by atoms with Gasteiger partial charge in [-0.1, -0.05) is 43.3 Å². The molecule has 0 saturated carbocycles. The van der Waals surface area contributed by atoms with Gasteiger partial charge in [0.1, 0.15) is 6.04 Å². The summed E-state index contributed by atoms with van der Waals surface area (Å²) in [6.45, 7) is 5.19. The monoisotopic (exact) mass is 377 g/mol. The molecule has 1 aromatic heterocycles. The van der Waals surface area contributed by atoms with E-state index in [0.29, 0.717) is 32.4 Å². The summed E-state index contributed by atoms with van der Waals surface area (Å²) in [5.74, 6) is 0.109. The average molecular weight is 377 g/mol. The van der Waals surface area contributed by atoms with Crippen molar-refractivity contribution in [1.29, 1.82) is 0 Å². The lowest BCUT2D eigenvalue weighted by molar-refractivity contribution is -0.139. The lowest BCUT2D eigenvalue weighted by atomic mass is 9.82. The minimum atomic E-state index is -0.856. The van der Waals surface area contributed by atoms with Crippen LogP contribution in [0.4, 0.5) is 0 Å². The number of likely N-dealkylation sites (tertiary alicyclic amines) is 1. The molecule has 0 spiro atoms. The van der Waals surface area contributed by atoms with Gasteiger partial charge in [-0.15, -0.1) is 0 Å². The molecule has 0 aliphatic carbocycles. The van der Waals surface area contributed by atoms with Gasteiger partial charge in [-0.3, -0.25) is 4.79 Å². The van der Waals surface area contributed by atoms with Crippen molar-refractivity contribution in [2.45, 2.75) is 44.8 Å². The van der Waals surface area contributed by atoms with Gasteiger partial charge in [0.15, 0.2) is 0 Å². The van der Waals surface area contributed by atoms with Crippen molar-refractivity contribution in [2.75, 3.05) is 13.1 Å². The Morgan fingerprint density at radius 2 is 1.82 bits per heavy atom. The van der Waals surface area contributed by atoms with Crippen LogP contribution in [-0.2, 0) is 10.4 Å². The number of amides is 1. The highest BCUT2D eigenvalue weighted by atomic mass is 16.3. The van der Waals surface area contributed by atoms with Gasteiger partial charge in [0, 0.05) is 13.1 Å². The Bertz CT molecular complexity index is 986. The van der Waals surface area contributed by atoms with Crippen LogP contribution < -0.4 is 0 Å². The first kappa shape index (κ1) is 18.7. The summed E-state index contributed by atoms with van der Waals surface area (Å²) >= 11 is 0. The van der Waals surface area contributed by atoms with Crippen molar-refractivity contribution in [2.24, 2.45) is 0 Å². The van der Waals surface area contributed by atoms with E-state index in [1.165, 1.54) is 0 Å². The molecule has 2 heterocycles. The van der Waals surface area contributed by atoms with E-state index in [2.05, 4.69) is 4.98 Å². The SMILES string of the molecule is CCC(C(=O)N1CCC(O)(c2ccccc2C)CC1)n1cnc2ccccc21. The molecule has 1 N–H and O–H groups in total. The average Bonchev–Trinajstić information content (AvgIpc) is 3.13. The summed E-state index contributed by atoms with van der Waals surface area (Å²) < 4.78 is 1.99. The molecular formula is C23H27N3O2. The van der Waals surface area contributed by atoms with Gasteiger partial charge >= 0.3 is 0 Å². The van der Waals surface area contributed by atoms with E-state index < -0.39 is 5.60 Å². The third-order valence-electron chi connectivity index (χ3n) is 6.04. The van der Waals surface area contributed by atoms with Crippen molar-refractivity contribution in [3.63, 3.8) is 0 Å². The van der Waals surface area contributed by atoms with Gasteiger partial charge in [-0.2, -0.15) is 0 Å². The fourth-order valence-electron chi connectivity index (χ4n) is 4.39. The van der Waals surface area contributed by atoms with Crippen molar-refractivity contribution >= 4 is 16.9 Å². The van der Waals surface area contributed by atoms with Crippen LogP contribution in [0, 0.1) is 6.92 Å². The minimum Gasteiger partial charge on any atom is -0.385 e. The van der Waals surface area contributed by atoms with Crippen LogP contribution in [0.2, 0.25) is 0 Å². The van der Waals surface area contributed by atoms with E-state index >= 15 is 0 Å². The number of piperidine rings is 1. The number of aryl methyl sites for hydroxylation is 1. The van der Waals surface area contributed by atoms with Crippen LogP contribution in [-0.4, -0.2) is 38.6 Å². The molecule has 0 bridgehead atoms. The summed E-state index contributed by atoms with van der Waals surface area (Å²) in [7, 11) is 0. The van der Waals surface area contributed by atoms with Crippen LogP contribution in [0.5, 0.6) is 0 Å². The Hall–Kier alpha value is -2.66. The first-order chi connectivity index (χ1) is 13.5. The number of rotatable bonds is 4. The maximum Gasteiger partial charge on any atom is 0.245 e. The highest BCUT2D eigenvalue weighted by Gasteiger charge is 2.37. The topological polar surface area (TPSA) is 58.4 Å². The number of hydrogen-bond donors (Lipinski definition) is 1. The maximum atomic E-state index is 13.3. The molecule has 2 aromatic carbocycles. The zero-order valence-corrected chi connectivity index (χ0v) is 16.5. The largest absolute Gasteiger partial charge is 0.385 e. The molecule has 1 aliphatic rings. The number of carbonyl (C=O) groups is 1. The van der Waals surface area contributed by atoms with Gasteiger partial charge in [0.25, 0.3) is 0 Å². The summed E-state index contributed by atoms with van der Waals surface area (Å²) in [5.41, 5.74) is 3.11. The third-order valence-corrected chi connectivity index (χ3v) is 6.04. The third kappa shape index (κ3) is 3.20. The molecule has 1 amide bonds. The number of para-hydroxylation sites is 2. The highest BCUT2D eigenvalue weighted by molar-refractivity contribution is 5.84.